The molecule has 1 saturated heterocycles. The van der Waals surface area contributed by atoms with Crippen LogP contribution in [0.3, 0.4) is 0 Å². The number of aromatic nitrogens is 4. The number of sulfonamides is 1. The molecule has 4 aromatic rings. The zero-order valence-corrected chi connectivity index (χ0v) is 24.1. The van der Waals surface area contributed by atoms with Gasteiger partial charge in [-0.3, -0.25) is 9.48 Å². The number of carbonyl (C=O) groups excluding carboxylic acids is 1. The number of para-hydroxylation sites is 1. The summed E-state index contributed by atoms with van der Waals surface area (Å²) in [4.78, 5) is 20.2. The number of carbonyl (C=O) groups is 1. The number of rotatable bonds is 8. The molecule has 0 aliphatic carbocycles. The quantitative estimate of drug-likeness (QED) is 0.258. The topological polar surface area (TPSA) is 134 Å². The lowest BCUT2D eigenvalue weighted by Gasteiger charge is -2.30. The van der Waals surface area contributed by atoms with Crippen molar-refractivity contribution in [3.63, 3.8) is 0 Å². The van der Waals surface area contributed by atoms with E-state index in [1.54, 1.807) is 30.5 Å². The highest BCUT2D eigenvalue weighted by Crippen LogP contribution is 2.36. The number of halogens is 3. The van der Waals surface area contributed by atoms with Gasteiger partial charge in [0, 0.05) is 43.8 Å². The molecule has 3 heterocycles. The van der Waals surface area contributed by atoms with Gasteiger partial charge >= 0.3 is 6.18 Å². The molecule has 0 saturated carbocycles. The smallest absolute Gasteiger partial charge is 0.355 e. The standard InChI is InChI=1S/C28H29F3N8O3S/c1-32-26(40)22-5-3-4-6-24(22)36-25-23(28(29,30)31)16-33-27(37-25)35-20-9-7-18(8-10-20)19-15-34-39(17-19)21-11-13-38(14-12-21)43(2,41)42/h3-10,15-17,21H,11-14H2,1-2H3,(H,32,40)(H2,33,35,36,37). The van der Waals surface area contributed by atoms with Crippen molar-refractivity contribution < 1.29 is 26.4 Å². The van der Waals surface area contributed by atoms with Crippen LogP contribution in [0.15, 0.2) is 67.1 Å². The highest BCUT2D eigenvalue weighted by molar-refractivity contribution is 7.88. The molecular formula is C28H29F3N8O3S. The Morgan fingerprint density at radius 1 is 0.977 bits per heavy atom. The maximum atomic E-state index is 13.8. The minimum Gasteiger partial charge on any atom is -0.355 e. The summed E-state index contributed by atoms with van der Waals surface area (Å²) < 4.78 is 68.2. The highest BCUT2D eigenvalue weighted by atomic mass is 32.2. The van der Waals surface area contributed by atoms with E-state index in [1.807, 2.05) is 23.0 Å². The van der Waals surface area contributed by atoms with Gasteiger partial charge in [0.15, 0.2) is 0 Å². The molecule has 43 heavy (non-hydrogen) atoms. The molecule has 0 radical (unpaired) electrons. The van der Waals surface area contributed by atoms with Crippen molar-refractivity contribution in [1.82, 2.24) is 29.4 Å². The maximum absolute atomic E-state index is 13.8. The minimum absolute atomic E-state index is 0.0751. The average molecular weight is 615 g/mol. The number of alkyl halides is 3. The molecule has 2 aromatic heterocycles. The second kappa shape index (κ2) is 12.0. The van der Waals surface area contributed by atoms with Crippen LogP contribution in [0.4, 0.5) is 36.3 Å². The summed E-state index contributed by atoms with van der Waals surface area (Å²) in [5, 5.41) is 12.5. The molecule has 11 nitrogen and oxygen atoms in total. The van der Waals surface area contributed by atoms with Crippen LogP contribution in [0.1, 0.15) is 34.8 Å². The monoisotopic (exact) mass is 614 g/mol. The Kier molecular flexibility index (Phi) is 8.37. The molecule has 0 bridgehead atoms. The number of hydrogen-bond acceptors (Lipinski definition) is 8. The number of nitrogens with one attached hydrogen (secondary N) is 3. The minimum atomic E-state index is -4.74. The van der Waals surface area contributed by atoms with Crippen LogP contribution in [-0.2, 0) is 16.2 Å². The zero-order valence-electron chi connectivity index (χ0n) is 23.3. The number of hydrogen-bond donors (Lipinski definition) is 3. The summed E-state index contributed by atoms with van der Waals surface area (Å²) in [6.07, 6.45) is 2.14. The second-order valence-corrected chi connectivity index (χ2v) is 12.0. The first-order valence-electron chi connectivity index (χ1n) is 13.3. The molecule has 1 amide bonds. The van der Waals surface area contributed by atoms with Crippen LogP contribution in [0.2, 0.25) is 0 Å². The van der Waals surface area contributed by atoms with Gasteiger partial charge < -0.3 is 16.0 Å². The Bertz CT molecular complexity index is 1720. The fraction of sp³-hybridized carbons (Fsp3) is 0.286. The van der Waals surface area contributed by atoms with E-state index in [2.05, 4.69) is 31.0 Å². The van der Waals surface area contributed by atoms with E-state index in [4.69, 9.17) is 0 Å². The molecule has 1 aliphatic heterocycles. The molecule has 226 valence electrons. The number of piperidine rings is 1. The van der Waals surface area contributed by atoms with Gasteiger partial charge in [0.05, 0.1) is 29.7 Å². The molecule has 0 atom stereocenters. The lowest BCUT2D eigenvalue weighted by Crippen LogP contribution is -2.38. The van der Waals surface area contributed by atoms with Crippen molar-refractivity contribution in [2.45, 2.75) is 25.1 Å². The Morgan fingerprint density at radius 3 is 2.33 bits per heavy atom. The summed E-state index contributed by atoms with van der Waals surface area (Å²) in [7, 11) is -1.78. The average Bonchev–Trinajstić information content (AvgIpc) is 3.47. The van der Waals surface area contributed by atoms with Crippen LogP contribution in [0.5, 0.6) is 0 Å². The Morgan fingerprint density at radius 2 is 1.67 bits per heavy atom. The fourth-order valence-corrected chi connectivity index (χ4v) is 5.67. The van der Waals surface area contributed by atoms with Gasteiger partial charge in [0.1, 0.15) is 11.4 Å². The third-order valence-electron chi connectivity index (χ3n) is 7.09. The molecule has 2 aromatic carbocycles. The van der Waals surface area contributed by atoms with E-state index < -0.39 is 33.5 Å². The summed E-state index contributed by atoms with van der Waals surface area (Å²) >= 11 is 0. The van der Waals surface area contributed by atoms with Crippen molar-refractivity contribution in [3.05, 3.63) is 78.2 Å². The van der Waals surface area contributed by atoms with E-state index in [0.29, 0.717) is 37.8 Å². The van der Waals surface area contributed by atoms with Gasteiger partial charge in [-0.05, 0) is 42.7 Å². The molecule has 1 fully saturated rings. The number of anilines is 4. The summed E-state index contributed by atoms with van der Waals surface area (Å²) in [6.45, 7) is 0.895. The first-order chi connectivity index (χ1) is 20.4. The largest absolute Gasteiger partial charge is 0.421 e. The molecule has 3 N–H and O–H groups in total. The lowest BCUT2D eigenvalue weighted by atomic mass is 10.1. The third kappa shape index (κ3) is 6.94. The number of nitrogens with zero attached hydrogens (tertiary/aromatic N) is 5. The van der Waals surface area contributed by atoms with E-state index >= 15 is 0 Å². The number of amides is 1. The maximum Gasteiger partial charge on any atom is 0.421 e. The molecule has 0 unspecified atom stereocenters. The van der Waals surface area contributed by atoms with Crippen LogP contribution in [0, 0.1) is 0 Å². The SMILES string of the molecule is CNC(=O)c1ccccc1Nc1nc(Nc2ccc(-c3cnn(C4CCN(S(C)(=O)=O)CC4)c3)cc2)ncc1C(F)(F)F. The molecule has 5 rings (SSSR count). The van der Waals surface area contributed by atoms with E-state index in [9.17, 15) is 26.4 Å². The number of benzene rings is 2. The normalized spacial score (nSPS) is 14.8. The summed E-state index contributed by atoms with van der Waals surface area (Å²) in [6, 6.07) is 13.4. The van der Waals surface area contributed by atoms with Gasteiger partial charge in [-0.2, -0.15) is 23.3 Å². The van der Waals surface area contributed by atoms with E-state index in [1.165, 1.54) is 29.7 Å². The predicted octanol–water partition coefficient (Wildman–Crippen LogP) is 4.80. The van der Waals surface area contributed by atoms with Crippen molar-refractivity contribution in [3.8, 4) is 11.1 Å². The van der Waals surface area contributed by atoms with Gasteiger partial charge in [0.25, 0.3) is 5.91 Å². The highest BCUT2D eigenvalue weighted by Gasteiger charge is 2.35. The van der Waals surface area contributed by atoms with Crippen molar-refractivity contribution in [2.75, 3.05) is 37.0 Å². The Labute approximate surface area is 246 Å². The van der Waals surface area contributed by atoms with Crippen LogP contribution in [0.25, 0.3) is 11.1 Å². The molecule has 1 aliphatic rings. The second-order valence-electron chi connectivity index (χ2n) is 10.0. The van der Waals surface area contributed by atoms with E-state index in [-0.39, 0.29) is 23.2 Å². The van der Waals surface area contributed by atoms with Crippen LogP contribution >= 0.6 is 0 Å². The van der Waals surface area contributed by atoms with Crippen molar-refractivity contribution >= 4 is 39.1 Å². The van der Waals surface area contributed by atoms with E-state index in [0.717, 1.165) is 11.1 Å². The summed E-state index contributed by atoms with van der Waals surface area (Å²) in [5.41, 5.74) is 1.50. The first-order valence-corrected chi connectivity index (χ1v) is 15.2. The van der Waals surface area contributed by atoms with Gasteiger partial charge in [-0.1, -0.05) is 24.3 Å². The zero-order chi connectivity index (χ0) is 30.8. The first kappa shape index (κ1) is 30.0. The third-order valence-corrected chi connectivity index (χ3v) is 8.39. The summed E-state index contributed by atoms with van der Waals surface area (Å²) in [5.74, 6) is -1.05. The predicted molar refractivity (Wildman–Crippen MR) is 156 cm³/mol. The van der Waals surface area contributed by atoms with Crippen LogP contribution < -0.4 is 16.0 Å². The van der Waals surface area contributed by atoms with Crippen LogP contribution in [-0.4, -0.2) is 64.8 Å². The Hall–Kier alpha value is -4.50. The lowest BCUT2D eigenvalue weighted by molar-refractivity contribution is -0.137. The molecular weight excluding hydrogens is 585 g/mol. The Balaban J connectivity index is 1.31. The van der Waals surface area contributed by atoms with Gasteiger partial charge in [-0.15, -0.1) is 0 Å². The van der Waals surface area contributed by atoms with Gasteiger partial charge in [-0.25, -0.2) is 17.7 Å². The fourth-order valence-electron chi connectivity index (χ4n) is 4.80. The van der Waals surface area contributed by atoms with Gasteiger partial charge in [0.2, 0.25) is 16.0 Å². The van der Waals surface area contributed by atoms with Crippen molar-refractivity contribution in [1.29, 1.82) is 0 Å². The molecule has 15 heteroatoms. The van der Waals surface area contributed by atoms with Crippen molar-refractivity contribution in [2.24, 2.45) is 0 Å². The molecule has 0 spiro atoms.